The van der Waals surface area contributed by atoms with E-state index in [2.05, 4.69) is 26.1 Å². The molecule has 0 spiro atoms. The van der Waals surface area contributed by atoms with Crippen LogP contribution in [0.2, 0.25) is 0 Å². The molecule has 0 heterocycles. The number of unbranched alkanes of at least 4 members (excludes halogenated alkanes) is 1. The van der Waals surface area contributed by atoms with E-state index in [4.69, 9.17) is 4.74 Å². The first-order valence-corrected chi connectivity index (χ1v) is 8.16. The quantitative estimate of drug-likeness (QED) is 0.625. The number of nitrogens with one attached hydrogen (secondary N) is 1. The molecule has 0 saturated heterocycles. The lowest BCUT2D eigenvalue weighted by molar-refractivity contribution is -0.0122. The van der Waals surface area contributed by atoms with Crippen LogP contribution in [0, 0.1) is 5.92 Å². The first-order chi connectivity index (χ1) is 8.81. The standard InChI is InChI=1S/C16H33NO/c1-4-7-12-18-16-13-14(8-5-2)9-10-15(16)17-11-6-3/h14-17H,4-13H2,1-3H3. The van der Waals surface area contributed by atoms with Gasteiger partial charge in [-0.25, -0.2) is 0 Å². The van der Waals surface area contributed by atoms with Gasteiger partial charge in [-0.1, -0.05) is 40.0 Å². The van der Waals surface area contributed by atoms with Gasteiger partial charge in [0.1, 0.15) is 0 Å². The van der Waals surface area contributed by atoms with Crippen molar-refractivity contribution in [2.75, 3.05) is 13.2 Å². The Bertz CT molecular complexity index is 196. The smallest absolute Gasteiger partial charge is 0.0730 e. The van der Waals surface area contributed by atoms with Gasteiger partial charge in [-0.3, -0.25) is 0 Å². The summed E-state index contributed by atoms with van der Waals surface area (Å²) in [6, 6.07) is 0.606. The zero-order valence-corrected chi connectivity index (χ0v) is 12.7. The number of hydrogen-bond acceptors (Lipinski definition) is 2. The van der Waals surface area contributed by atoms with Gasteiger partial charge in [0.05, 0.1) is 6.10 Å². The molecule has 2 nitrogen and oxygen atoms in total. The van der Waals surface area contributed by atoms with Crippen LogP contribution in [0.5, 0.6) is 0 Å². The molecular weight excluding hydrogens is 222 g/mol. The monoisotopic (exact) mass is 255 g/mol. The van der Waals surface area contributed by atoms with E-state index in [1.54, 1.807) is 0 Å². The summed E-state index contributed by atoms with van der Waals surface area (Å²) in [4.78, 5) is 0. The molecule has 18 heavy (non-hydrogen) atoms. The van der Waals surface area contributed by atoms with Crippen molar-refractivity contribution in [1.29, 1.82) is 0 Å². The molecule has 1 aliphatic rings. The third-order valence-electron chi connectivity index (χ3n) is 4.08. The average molecular weight is 255 g/mol. The van der Waals surface area contributed by atoms with E-state index >= 15 is 0 Å². The maximum absolute atomic E-state index is 6.15. The van der Waals surface area contributed by atoms with Gasteiger partial charge in [0.15, 0.2) is 0 Å². The van der Waals surface area contributed by atoms with E-state index in [0.29, 0.717) is 12.1 Å². The topological polar surface area (TPSA) is 21.3 Å². The van der Waals surface area contributed by atoms with Crippen LogP contribution in [0.15, 0.2) is 0 Å². The largest absolute Gasteiger partial charge is 0.377 e. The van der Waals surface area contributed by atoms with Crippen molar-refractivity contribution in [2.24, 2.45) is 5.92 Å². The Morgan fingerprint density at radius 2 is 1.89 bits per heavy atom. The second-order valence-corrected chi connectivity index (χ2v) is 5.79. The molecular formula is C16H33NO. The average Bonchev–Trinajstić information content (AvgIpc) is 2.38. The molecule has 0 aromatic rings. The van der Waals surface area contributed by atoms with Crippen LogP contribution in [0.3, 0.4) is 0 Å². The van der Waals surface area contributed by atoms with E-state index in [1.165, 1.54) is 51.4 Å². The molecule has 0 amide bonds. The Balaban J connectivity index is 2.38. The van der Waals surface area contributed by atoms with Gasteiger partial charge in [-0.2, -0.15) is 0 Å². The lowest BCUT2D eigenvalue weighted by Crippen LogP contribution is -2.46. The highest BCUT2D eigenvalue weighted by Crippen LogP contribution is 2.30. The van der Waals surface area contributed by atoms with Gasteiger partial charge in [-0.05, 0) is 44.6 Å². The highest BCUT2D eigenvalue weighted by Gasteiger charge is 2.30. The molecule has 0 aromatic heterocycles. The molecule has 1 fully saturated rings. The zero-order valence-electron chi connectivity index (χ0n) is 12.7. The van der Waals surface area contributed by atoms with Crippen molar-refractivity contribution < 1.29 is 4.74 Å². The SMILES string of the molecule is CCCCOC1CC(CCC)CCC1NCCC. The van der Waals surface area contributed by atoms with Gasteiger partial charge in [0.25, 0.3) is 0 Å². The van der Waals surface area contributed by atoms with Gasteiger partial charge < -0.3 is 10.1 Å². The van der Waals surface area contributed by atoms with Crippen molar-refractivity contribution in [1.82, 2.24) is 5.32 Å². The Morgan fingerprint density at radius 3 is 2.56 bits per heavy atom. The fourth-order valence-electron chi connectivity index (χ4n) is 3.01. The minimum Gasteiger partial charge on any atom is -0.377 e. The summed E-state index contributed by atoms with van der Waals surface area (Å²) in [5.74, 6) is 0.904. The molecule has 0 aromatic carbocycles. The lowest BCUT2D eigenvalue weighted by atomic mass is 9.81. The Labute approximate surface area is 114 Å². The minimum atomic E-state index is 0.466. The Hall–Kier alpha value is -0.0800. The fourth-order valence-corrected chi connectivity index (χ4v) is 3.01. The number of hydrogen-bond donors (Lipinski definition) is 1. The summed E-state index contributed by atoms with van der Waals surface area (Å²) in [5.41, 5.74) is 0. The highest BCUT2D eigenvalue weighted by molar-refractivity contribution is 4.85. The Kier molecular flexibility index (Phi) is 8.70. The first kappa shape index (κ1) is 16.0. The molecule has 0 radical (unpaired) electrons. The molecule has 1 N–H and O–H groups in total. The molecule has 1 rings (SSSR count). The van der Waals surface area contributed by atoms with Gasteiger partial charge in [0.2, 0.25) is 0 Å². The van der Waals surface area contributed by atoms with Crippen molar-refractivity contribution in [2.45, 2.75) is 84.3 Å². The van der Waals surface area contributed by atoms with Crippen LogP contribution < -0.4 is 5.32 Å². The van der Waals surface area contributed by atoms with Crippen LogP contribution >= 0.6 is 0 Å². The van der Waals surface area contributed by atoms with Crippen LogP contribution in [0.4, 0.5) is 0 Å². The van der Waals surface area contributed by atoms with Crippen LogP contribution in [0.1, 0.15) is 72.1 Å². The number of rotatable bonds is 9. The molecule has 0 aliphatic heterocycles. The normalized spacial score (nSPS) is 28.5. The summed E-state index contributed by atoms with van der Waals surface area (Å²) in [6.07, 6.45) is 10.8. The van der Waals surface area contributed by atoms with Crippen LogP contribution in [-0.2, 0) is 4.74 Å². The maximum Gasteiger partial charge on any atom is 0.0730 e. The predicted molar refractivity (Wildman–Crippen MR) is 79.0 cm³/mol. The zero-order chi connectivity index (χ0) is 13.2. The van der Waals surface area contributed by atoms with Crippen molar-refractivity contribution in [3.05, 3.63) is 0 Å². The highest BCUT2D eigenvalue weighted by atomic mass is 16.5. The van der Waals surface area contributed by atoms with E-state index in [1.807, 2.05) is 0 Å². The minimum absolute atomic E-state index is 0.466. The van der Waals surface area contributed by atoms with E-state index < -0.39 is 0 Å². The lowest BCUT2D eigenvalue weighted by Gasteiger charge is -2.36. The third kappa shape index (κ3) is 5.71. The van der Waals surface area contributed by atoms with Gasteiger partial charge >= 0.3 is 0 Å². The molecule has 2 heteroatoms. The molecule has 108 valence electrons. The summed E-state index contributed by atoms with van der Waals surface area (Å²) in [6.45, 7) is 8.86. The molecule has 1 saturated carbocycles. The number of ether oxygens (including phenoxy) is 1. The van der Waals surface area contributed by atoms with E-state index in [0.717, 1.165) is 19.1 Å². The van der Waals surface area contributed by atoms with E-state index in [-0.39, 0.29) is 0 Å². The van der Waals surface area contributed by atoms with Crippen molar-refractivity contribution in [3.63, 3.8) is 0 Å². The fraction of sp³-hybridized carbons (Fsp3) is 1.00. The summed E-state index contributed by atoms with van der Waals surface area (Å²) in [7, 11) is 0. The van der Waals surface area contributed by atoms with Crippen LogP contribution in [-0.4, -0.2) is 25.3 Å². The Morgan fingerprint density at radius 1 is 1.06 bits per heavy atom. The molecule has 1 aliphatic carbocycles. The second-order valence-electron chi connectivity index (χ2n) is 5.79. The summed E-state index contributed by atoms with van der Waals surface area (Å²) >= 11 is 0. The predicted octanol–water partition coefficient (Wildman–Crippen LogP) is 4.14. The van der Waals surface area contributed by atoms with Crippen molar-refractivity contribution in [3.8, 4) is 0 Å². The second kappa shape index (κ2) is 9.80. The molecule has 3 atom stereocenters. The summed E-state index contributed by atoms with van der Waals surface area (Å²) in [5, 5.41) is 3.69. The summed E-state index contributed by atoms with van der Waals surface area (Å²) < 4.78 is 6.15. The van der Waals surface area contributed by atoms with Crippen molar-refractivity contribution >= 4 is 0 Å². The maximum atomic E-state index is 6.15. The van der Waals surface area contributed by atoms with Gasteiger partial charge in [0, 0.05) is 12.6 Å². The molecule has 0 bridgehead atoms. The third-order valence-corrected chi connectivity index (χ3v) is 4.08. The van der Waals surface area contributed by atoms with Gasteiger partial charge in [-0.15, -0.1) is 0 Å². The first-order valence-electron chi connectivity index (χ1n) is 8.16. The molecule has 3 unspecified atom stereocenters. The van der Waals surface area contributed by atoms with Crippen LogP contribution in [0.25, 0.3) is 0 Å². The van der Waals surface area contributed by atoms with E-state index in [9.17, 15) is 0 Å².